The summed E-state index contributed by atoms with van der Waals surface area (Å²) >= 11 is 3.33. The summed E-state index contributed by atoms with van der Waals surface area (Å²) in [4.78, 5) is 23.7. The van der Waals surface area contributed by atoms with Gasteiger partial charge in [0.15, 0.2) is 0 Å². The number of carbonyl (C=O) groups excluding carboxylic acids is 2. The first-order valence-corrected chi connectivity index (χ1v) is 7.60. The van der Waals surface area contributed by atoms with Crippen LogP contribution < -0.4 is 10.4 Å². The van der Waals surface area contributed by atoms with Crippen LogP contribution in [0.4, 0.5) is 5.69 Å². The number of rotatable bonds is 3. The molecule has 1 amide bonds. The molecule has 112 valence electrons. The summed E-state index contributed by atoms with van der Waals surface area (Å²) in [5.74, 6) is -2.76. The standard InChI is InChI=1S/C16H18BrNO3/c1-9-7-13(14(16(20)21)8-10(9)2)15(19)18-12-5-3-11(17)4-6-12/h3-6,13-14H,7-8H2,1-2H3,(H,18,19)(H,20,21)/p-1/t13-,14+/m0/s1. The van der Waals surface area contributed by atoms with Crippen molar-refractivity contribution in [3.05, 3.63) is 39.9 Å². The average Bonchev–Trinajstić information content (AvgIpc) is 2.43. The van der Waals surface area contributed by atoms with Crippen LogP contribution in [0, 0.1) is 11.8 Å². The molecule has 4 nitrogen and oxygen atoms in total. The number of benzene rings is 1. The van der Waals surface area contributed by atoms with E-state index in [1.807, 2.05) is 26.0 Å². The lowest BCUT2D eigenvalue weighted by atomic mass is 9.76. The maximum atomic E-state index is 12.4. The molecule has 0 saturated carbocycles. The zero-order valence-electron chi connectivity index (χ0n) is 12.0. The van der Waals surface area contributed by atoms with Gasteiger partial charge in [0, 0.05) is 22.0 Å². The number of nitrogens with one attached hydrogen (secondary N) is 1. The summed E-state index contributed by atoms with van der Waals surface area (Å²) in [6, 6.07) is 7.18. The molecule has 0 fully saturated rings. The highest BCUT2D eigenvalue weighted by Crippen LogP contribution is 2.34. The van der Waals surface area contributed by atoms with Crippen LogP contribution in [0.3, 0.4) is 0 Å². The fourth-order valence-electron chi connectivity index (χ4n) is 2.58. The summed E-state index contributed by atoms with van der Waals surface area (Å²) < 4.78 is 0.917. The van der Waals surface area contributed by atoms with E-state index in [0.717, 1.165) is 15.6 Å². The summed E-state index contributed by atoms with van der Waals surface area (Å²) in [7, 11) is 0. The second-order valence-corrected chi connectivity index (χ2v) is 6.41. The van der Waals surface area contributed by atoms with Crippen LogP contribution >= 0.6 is 15.9 Å². The van der Waals surface area contributed by atoms with Crippen LogP contribution in [0.15, 0.2) is 39.9 Å². The third kappa shape index (κ3) is 3.73. The second-order valence-electron chi connectivity index (χ2n) is 5.50. The number of allylic oxidation sites excluding steroid dienone is 2. The Morgan fingerprint density at radius 1 is 1.10 bits per heavy atom. The Bertz CT molecular complexity index is 592. The van der Waals surface area contributed by atoms with E-state index in [1.54, 1.807) is 12.1 Å². The van der Waals surface area contributed by atoms with E-state index in [0.29, 0.717) is 18.5 Å². The first-order chi connectivity index (χ1) is 9.88. The molecule has 1 aromatic carbocycles. The number of carboxylic acid groups (broad SMARTS) is 1. The topological polar surface area (TPSA) is 69.2 Å². The van der Waals surface area contributed by atoms with Crippen LogP contribution in [0.5, 0.6) is 0 Å². The Balaban J connectivity index is 2.16. The Morgan fingerprint density at radius 3 is 2.14 bits per heavy atom. The number of hydrogen-bond acceptors (Lipinski definition) is 3. The molecular formula is C16H17BrNO3-. The van der Waals surface area contributed by atoms with E-state index in [2.05, 4.69) is 21.2 Å². The van der Waals surface area contributed by atoms with Crippen LogP contribution in [-0.2, 0) is 9.59 Å². The van der Waals surface area contributed by atoms with Crippen molar-refractivity contribution in [1.29, 1.82) is 0 Å². The number of aliphatic carboxylic acids is 1. The van der Waals surface area contributed by atoms with Crippen molar-refractivity contribution in [1.82, 2.24) is 0 Å². The maximum Gasteiger partial charge on any atom is 0.228 e. The Labute approximate surface area is 132 Å². The molecule has 0 heterocycles. The first-order valence-electron chi connectivity index (χ1n) is 6.81. The number of anilines is 1. The Hall–Kier alpha value is -1.62. The van der Waals surface area contributed by atoms with Gasteiger partial charge in [-0.1, -0.05) is 27.1 Å². The summed E-state index contributed by atoms with van der Waals surface area (Å²) in [5.41, 5.74) is 2.78. The monoisotopic (exact) mass is 350 g/mol. The lowest BCUT2D eigenvalue weighted by molar-refractivity contribution is -0.313. The van der Waals surface area contributed by atoms with Crippen molar-refractivity contribution in [3.63, 3.8) is 0 Å². The summed E-state index contributed by atoms with van der Waals surface area (Å²) in [6.07, 6.45) is 0.847. The molecule has 1 aliphatic rings. The lowest BCUT2D eigenvalue weighted by Crippen LogP contribution is -2.42. The minimum absolute atomic E-state index is 0.265. The highest BCUT2D eigenvalue weighted by atomic mass is 79.9. The van der Waals surface area contributed by atoms with Crippen molar-refractivity contribution in [2.45, 2.75) is 26.7 Å². The van der Waals surface area contributed by atoms with Gasteiger partial charge in [-0.15, -0.1) is 0 Å². The third-order valence-electron chi connectivity index (χ3n) is 4.02. The zero-order valence-corrected chi connectivity index (χ0v) is 13.6. The Morgan fingerprint density at radius 2 is 1.62 bits per heavy atom. The first kappa shape index (κ1) is 15.8. The quantitative estimate of drug-likeness (QED) is 0.851. The third-order valence-corrected chi connectivity index (χ3v) is 4.55. The van der Waals surface area contributed by atoms with Gasteiger partial charge >= 0.3 is 0 Å². The van der Waals surface area contributed by atoms with E-state index in [1.165, 1.54) is 0 Å². The molecule has 0 saturated heterocycles. The van der Waals surface area contributed by atoms with Crippen LogP contribution in [0.2, 0.25) is 0 Å². The minimum Gasteiger partial charge on any atom is -0.550 e. The minimum atomic E-state index is -1.15. The molecule has 1 aliphatic carbocycles. The van der Waals surface area contributed by atoms with Crippen molar-refractivity contribution < 1.29 is 14.7 Å². The molecule has 5 heteroatoms. The van der Waals surface area contributed by atoms with E-state index in [-0.39, 0.29) is 5.91 Å². The van der Waals surface area contributed by atoms with Gasteiger partial charge in [-0.2, -0.15) is 0 Å². The van der Waals surface area contributed by atoms with Crippen molar-refractivity contribution in [3.8, 4) is 0 Å². The normalized spacial score (nSPS) is 22.0. The Kier molecular flexibility index (Phi) is 4.83. The van der Waals surface area contributed by atoms with Gasteiger partial charge in [-0.3, -0.25) is 4.79 Å². The van der Waals surface area contributed by atoms with Crippen LogP contribution in [-0.4, -0.2) is 11.9 Å². The summed E-state index contributed by atoms with van der Waals surface area (Å²) in [5, 5.41) is 14.1. The molecule has 0 aliphatic heterocycles. The molecular weight excluding hydrogens is 334 g/mol. The zero-order chi connectivity index (χ0) is 15.6. The SMILES string of the molecule is CC1=C(C)C[C@@H](C(=O)[O-])[C@@H](C(=O)Nc2ccc(Br)cc2)C1. The average molecular weight is 351 g/mol. The molecule has 0 spiro atoms. The molecule has 21 heavy (non-hydrogen) atoms. The number of carbonyl (C=O) groups is 2. The molecule has 1 N–H and O–H groups in total. The highest BCUT2D eigenvalue weighted by Gasteiger charge is 2.33. The fraction of sp³-hybridized carbons (Fsp3) is 0.375. The van der Waals surface area contributed by atoms with Gasteiger partial charge in [0.1, 0.15) is 0 Å². The maximum absolute atomic E-state index is 12.4. The van der Waals surface area contributed by atoms with Gasteiger partial charge in [-0.05, 0) is 51.0 Å². The van der Waals surface area contributed by atoms with Crippen molar-refractivity contribution in [2.75, 3.05) is 5.32 Å². The smallest absolute Gasteiger partial charge is 0.228 e. The predicted octanol–water partition coefficient (Wildman–Crippen LogP) is 2.50. The van der Waals surface area contributed by atoms with Crippen molar-refractivity contribution in [2.24, 2.45) is 11.8 Å². The van der Waals surface area contributed by atoms with Crippen LogP contribution in [0.1, 0.15) is 26.7 Å². The fourth-order valence-corrected chi connectivity index (χ4v) is 2.85. The molecule has 0 radical (unpaired) electrons. The number of carboxylic acids is 1. The lowest BCUT2D eigenvalue weighted by Gasteiger charge is -2.32. The van der Waals surface area contributed by atoms with Gasteiger partial charge < -0.3 is 15.2 Å². The van der Waals surface area contributed by atoms with Gasteiger partial charge in [0.05, 0.1) is 5.92 Å². The molecule has 0 aromatic heterocycles. The molecule has 2 rings (SSSR count). The van der Waals surface area contributed by atoms with Crippen molar-refractivity contribution >= 4 is 33.5 Å². The number of hydrogen-bond donors (Lipinski definition) is 1. The molecule has 2 atom stereocenters. The largest absolute Gasteiger partial charge is 0.550 e. The molecule has 1 aromatic rings. The highest BCUT2D eigenvalue weighted by molar-refractivity contribution is 9.10. The molecule has 0 bridgehead atoms. The van der Waals surface area contributed by atoms with E-state index >= 15 is 0 Å². The van der Waals surface area contributed by atoms with E-state index in [9.17, 15) is 14.7 Å². The van der Waals surface area contributed by atoms with E-state index in [4.69, 9.17) is 0 Å². The molecule has 0 unspecified atom stereocenters. The van der Waals surface area contributed by atoms with Gasteiger partial charge in [0.2, 0.25) is 5.91 Å². The summed E-state index contributed by atoms with van der Waals surface area (Å²) in [6.45, 7) is 3.86. The van der Waals surface area contributed by atoms with Gasteiger partial charge in [0.25, 0.3) is 0 Å². The number of halogens is 1. The predicted molar refractivity (Wildman–Crippen MR) is 82.4 cm³/mol. The second kappa shape index (κ2) is 6.43. The van der Waals surface area contributed by atoms with E-state index < -0.39 is 17.8 Å². The number of amides is 1. The van der Waals surface area contributed by atoms with Gasteiger partial charge in [-0.25, -0.2) is 0 Å². The van der Waals surface area contributed by atoms with Crippen LogP contribution in [0.25, 0.3) is 0 Å².